The lowest BCUT2D eigenvalue weighted by molar-refractivity contribution is -0.146. The molecule has 0 unspecified atom stereocenters. The third-order valence-corrected chi connectivity index (χ3v) is 6.12. The van der Waals surface area contributed by atoms with Crippen molar-refractivity contribution in [3.8, 4) is 0 Å². The molecule has 0 aromatic heterocycles. The van der Waals surface area contributed by atoms with Crippen LogP contribution in [0.2, 0.25) is 10.0 Å². The predicted octanol–water partition coefficient (Wildman–Crippen LogP) is 3.75. The highest BCUT2D eigenvalue weighted by atomic mass is 35.5. The van der Waals surface area contributed by atoms with Crippen molar-refractivity contribution in [2.75, 3.05) is 18.5 Å². The number of rotatable bonds is 7. The summed E-state index contributed by atoms with van der Waals surface area (Å²) in [4.78, 5) is 23.8. The van der Waals surface area contributed by atoms with Gasteiger partial charge in [-0.1, -0.05) is 62.2 Å². The first kappa shape index (κ1) is 24.1. The van der Waals surface area contributed by atoms with Gasteiger partial charge in [-0.15, -0.1) is 0 Å². The molecule has 2 rings (SSSR count). The van der Waals surface area contributed by atoms with Gasteiger partial charge >= 0.3 is 5.97 Å². The summed E-state index contributed by atoms with van der Waals surface area (Å²) in [6.45, 7) is 4.84. The van der Waals surface area contributed by atoms with Crippen LogP contribution in [0.3, 0.4) is 0 Å². The highest BCUT2D eigenvalue weighted by Gasteiger charge is 2.20. The Morgan fingerprint density at radius 2 is 1.70 bits per heavy atom. The molecule has 162 valence electrons. The van der Waals surface area contributed by atoms with Gasteiger partial charge in [-0.05, 0) is 35.2 Å². The van der Waals surface area contributed by atoms with Crippen molar-refractivity contribution >= 4 is 50.8 Å². The number of nitrogens with one attached hydrogen (secondary N) is 2. The molecule has 0 saturated carbocycles. The summed E-state index contributed by atoms with van der Waals surface area (Å²) in [5.41, 5.74) is 1.36. The van der Waals surface area contributed by atoms with Crippen LogP contribution in [-0.2, 0) is 29.8 Å². The summed E-state index contributed by atoms with van der Waals surface area (Å²) in [5, 5.41) is 2.97. The quantitative estimate of drug-likeness (QED) is 0.597. The molecule has 0 radical (unpaired) electrons. The molecule has 2 N–H and O–H groups in total. The van der Waals surface area contributed by atoms with Gasteiger partial charge in [0, 0.05) is 5.69 Å². The third-order valence-electron chi connectivity index (χ3n) is 3.98. The van der Waals surface area contributed by atoms with E-state index in [1.165, 1.54) is 12.1 Å². The number of carbonyl (C=O) groups is 2. The summed E-state index contributed by atoms with van der Waals surface area (Å²) in [6, 6.07) is 11.1. The number of carbonyl (C=O) groups excluding carboxylic acids is 2. The van der Waals surface area contributed by atoms with E-state index >= 15 is 0 Å². The number of para-hydroxylation sites is 1. The van der Waals surface area contributed by atoms with E-state index in [2.05, 4.69) is 10.0 Å². The third kappa shape index (κ3) is 6.70. The normalized spacial score (nSPS) is 11.8. The van der Waals surface area contributed by atoms with Crippen LogP contribution in [0.5, 0.6) is 0 Å². The number of hydrogen-bond acceptors (Lipinski definition) is 5. The van der Waals surface area contributed by atoms with Gasteiger partial charge in [-0.25, -0.2) is 8.42 Å². The maximum absolute atomic E-state index is 12.2. The zero-order chi connectivity index (χ0) is 22.5. The molecule has 0 aliphatic heterocycles. The molecule has 0 spiro atoms. The van der Waals surface area contributed by atoms with Crippen LogP contribution in [0.4, 0.5) is 5.69 Å². The summed E-state index contributed by atoms with van der Waals surface area (Å²) < 4.78 is 31.4. The lowest BCUT2D eigenvalue weighted by atomic mass is 9.86. The Bertz CT molecular complexity index is 1050. The van der Waals surface area contributed by atoms with Crippen LogP contribution in [0.1, 0.15) is 26.3 Å². The van der Waals surface area contributed by atoms with Gasteiger partial charge in [-0.2, -0.15) is 4.72 Å². The number of halogens is 2. The van der Waals surface area contributed by atoms with Crippen LogP contribution in [0.25, 0.3) is 0 Å². The van der Waals surface area contributed by atoms with Crippen LogP contribution in [0, 0.1) is 0 Å². The SMILES string of the molecule is CC(C)(C)c1ccccc1NC(=O)COC(=O)CNS(=O)(=O)c1ccc(Cl)c(Cl)c1. The van der Waals surface area contributed by atoms with Gasteiger partial charge in [0.15, 0.2) is 6.61 Å². The van der Waals surface area contributed by atoms with E-state index < -0.39 is 35.1 Å². The Labute approximate surface area is 185 Å². The van der Waals surface area contributed by atoms with Crippen molar-refractivity contribution in [1.82, 2.24) is 4.72 Å². The molecular formula is C20H22Cl2N2O5S. The minimum Gasteiger partial charge on any atom is -0.455 e. The van der Waals surface area contributed by atoms with E-state index in [0.717, 1.165) is 11.6 Å². The smallest absolute Gasteiger partial charge is 0.321 e. The first-order valence-corrected chi connectivity index (χ1v) is 11.1. The summed E-state index contributed by atoms with van der Waals surface area (Å²) in [7, 11) is -4.00. The topological polar surface area (TPSA) is 102 Å². The Hall–Kier alpha value is -2.13. The fourth-order valence-electron chi connectivity index (χ4n) is 2.51. The zero-order valence-electron chi connectivity index (χ0n) is 16.7. The average molecular weight is 473 g/mol. The summed E-state index contributed by atoms with van der Waals surface area (Å²) in [6.07, 6.45) is 0. The highest BCUT2D eigenvalue weighted by Crippen LogP contribution is 2.29. The molecule has 0 fully saturated rings. The molecule has 0 bridgehead atoms. The second-order valence-corrected chi connectivity index (χ2v) is 9.99. The monoisotopic (exact) mass is 472 g/mol. The zero-order valence-corrected chi connectivity index (χ0v) is 19.0. The fourth-order valence-corrected chi connectivity index (χ4v) is 3.87. The summed E-state index contributed by atoms with van der Waals surface area (Å²) in [5.74, 6) is -1.44. The van der Waals surface area contributed by atoms with E-state index in [-0.39, 0.29) is 20.4 Å². The van der Waals surface area contributed by atoms with Gasteiger partial charge < -0.3 is 10.1 Å². The molecule has 0 saturated heterocycles. The van der Waals surface area contributed by atoms with Gasteiger partial charge in [0.2, 0.25) is 10.0 Å². The largest absolute Gasteiger partial charge is 0.455 e. The molecule has 7 nitrogen and oxygen atoms in total. The number of benzene rings is 2. The second kappa shape index (κ2) is 9.78. The molecule has 1 amide bonds. The first-order valence-electron chi connectivity index (χ1n) is 8.90. The fraction of sp³-hybridized carbons (Fsp3) is 0.300. The number of amides is 1. The molecule has 10 heteroatoms. The molecule has 2 aromatic rings. The minimum atomic E-state index is -4.00. The molecule has 0 heterocycles. The van der Waals surface area contributed by atoms with Crippen molar-refractivity contribution in [2.24, 2.45) is 0 Å². The minimum absolute atomic E-state index is 0.0642. The Morgan fingerprint density at radius 1 is 1.03 bits per heavy atom. The van der Waals surface area contributed by atoms with Crippen LogP contribution >= 0.6 is 23.2 Å². The molecule has 2 aromatic carbocycles. The molecule has 30 heavy (non-hydrogen) atoms. The standard InChI is InChI=1S/C20H22Cl2N2O5S/c1-20(2,3)14-6-4-5-7-17(14)24-18(25)12-29-19(26)11-23-30(27,28)13-8-9-15(21)16(22)10-13/h4-10,23H,11-12H2,1-3H3,(H,24,25). The van der Waals surface area contributed by atoms with E-state index in [1.807, 2.05) is 32.9 Å². The summed E-state index contributed by atoms with van der Waals surface area (Å²) >= 11 is 11.6. The van der Waals surface area contributed by atoms with Gasteiger partial charge in [-0.3, -0.25) is 9.59 Å². The molecule has 0 aliphatic rings. The van der Waals surface area contributed by atoms with E-state index in [0.29, 0.717) is 5.69 Å². The van der Waals surface area contributed by atoms with E-state index in [4.69, 9.17) is 27.9 Å². The Morgan fingerprint density at radius 3 is 2.33 bits per heavy atom. The Kier molecular flexibility index (Phi) is 7.87. The highest BCUT2D eigenvalue weighted by molar-refractivity contribution is 7.89. The van der Waals surface area contributed by atoms with Crippen molar-refractivity contribution in [1.29, 1.82) is 0 Å². The number of sulfonamides is 1. The van der Waals surface area contributed by atoms with Crippen LogP contribution in [0.15, 0.2) is 47.4 Å². The Balaban J connectivity index is 1.89. The lowest BCUT2D eigenvalue weighted by Crippen LogP contribution is -2.32. The predicted molar refractivity (Wildman–Crippen MR) is 116 cm³/mol. The van der Waals surface area contributed by atoms with Crippen molar-refractivity contribution in [3.63, 3.8) is 0 Å². The number of anilines is 1. The van der Waals surface area contributed by atoms with Crippen LogP contribution < -0.4 is 10.0 Å². The van der Waals surface area contributed by atoms with Crippen molar-refractivity contribution < 1.29 is 22.7 Å². The van der Waals surface area contributed by atoms with Crippen molar-refractivity contribution in [3.05, 3.63) is 58.1 Å². The molecule has 0 aliphatic carbocycles. The van der Waals surface area contributed by atoms with Crippen LogP contribution in [-0.4, -0.2) is 33.4 Å². The first-order chi connectivity index (χ1) is 13.9. The number of ether oxygens (including phenoxy) is 1. The number of esters is 1. The van der Waals surface area contributed by atoms with Crippen molar-refractivity contribution in [2.45, 2.75) is 31.1 Å². The number of hydrogen-bond donors (Lipinski definition) is 2. The lowest BCUT2D eigenvalue weighted by Gasteiger charge is -2.22. The molecule has 0 atom stereocenters. The average Bonchev–Trinajstić information content (AvgIpc) is 2.66. The second-order valence-electron chi connectivity index (χ2n) is 7.40. The maximum atomic E-state index is 12.2. The van der Waals surface area contributed by atoms with E-state index in [1.54, 1.807) is 12.1 Å². The van der Waals surface area contributed by atoms with Gasteiger partial charge in [0.1, 0.15) is 6.54 Å². The molecular weight excluding hydrogens is 451 g/mol. The van der Waals surface area contributed by atoms with E-state index in [9.17, 15) is 18.0 Å². The van der Waals surface area contributed by atoms with Gasteiger partial charge in [0.25, 0.3) is 5.91 Å². The van der Waals surface area contributed by atoms with Gasteiger partial charge in [0.05, 0.1) is 14.9 Å². The maximum Gasteiger partial charge on any atom is 0.321 e.